The van der Waals surface area contributed by atoms with Crippen molar-refractivity contribution in [2.45, 2.75) is 51.8 Å². The molecule has 0 aliphatic carbocycles. The van der Waals surface area contributed by atoms with E-state index in [-0.39, 0.29) is 12.1 Å². The number of carbonyl (C=O) groups excluding carboxylic acids is 1. The summed E-state index contributed by atoms with van der Waals surface area (Å²) in [5.41, 5.74) is -0.441. The lowest BCUT2D eigenvalue weighted by Gasteiger charge is -2.32. The number of hydrogen-bond donors (Lipinski definition) is 1. The number of hydrogen-bond acceptors (Lipinski definition) is 4. The van der Waals surface area contributed by atoms with Crippen LogP contribution in [-0.2, 0) is 18.3 Å². The van der Waals surface area contributed by atoms with Crippen molar-refractivity contribution >= 4 is 6.09 Å². The van der Waals surface area contributed by atoms with Gasteiger partial charge in [-0.15, -0.1) is 0 Å². The van der Waals surface area contributed by atoms with Crippen molar-refractivity contribution in [3.05, 3.63) is 18.2 Å². The highest BCUT2D eigenvalue weighted by atomic mass is 16.6. The van der Waals surface area contributed by atoms with Crippen molar-refractivity contribution < 1.29 is 9.53 Å². The van der Waals surface area contributed by atoms with Crippen LogP contribution in [0.4, 0.5) is 4.79 Å². The molecule has 1 aromatic rings. The molecule has 1 aliphatic heterocycles. The number of alkyl carbamates (subject to hydrolysis) is 1. The largest absolute Gasteiger partial charge is 0.444 e. The second kappa shape index (κ2) is 6.47. The molecule has 118 valence electrons. The van der Waals surface area contributed by atoms with Gasteiger partial charge in [-0.2, -0.15) is 0 Å². The number of likely N-dealkylation sites (tertiary alicyclic amines) is 1. The number of ether oxygens (including phenoxy) is 1. The van der Waals surface area contributed by atoms with Crippen LogP contribution in [0, 0.1) is 0 Å². The number of piperidine rings is 1. The molecule has 1 fully saturated rings. The van der Waals surface area contributed by atoms with Gasteiger partial charge in [-0.05, 0) is 33.6 Å². The van der Waals surface area contributed by atoms with Crippen LogP contribution in [0.3, 0.4) is 0 Å². The van der Waals surface area contributed by atoms with Gasteiger partial charge in [0.1, 0.15) is 11.4 Å². The summed E-state index contributed by atoms with van der Waals surface area (Å²) in [6, 6.07) is 0.206. The van der Waals surface area contributed by atoms with Crippen molar-refractivity contribution in [2.75, 3.05) is 13.1 Å². The van der Waals surface area contributed by atoms with Gasteiger partial charge >= 0.3 is 6.09 Å². The lowest BCUT2D eigenvalue weighted by atomic mass is 10.1. The first-order valence-electron chi connectivity index (χ1n) is 7.51. The van der Waals surface area contributed by atoms with Gasteiger partial charge in [-0.1, -0.05) is 0 Å². The van der Waals surface area contributed by atoms with Crippen molar-refractivity contribution in [2.24, 2.45) is 7.05 Å². The SMILES string of the molecule is Cn1ccnc1CN1CCC(NC(=O)OC(C)(C)C)CC1. The molecular weight excluding hydrogens is 268 g/mol. The molecule has 21 heavy (non-hydrogen) atoms. The molecule has 0 saturated carbocycles. The molecule has 1 saturated heterocycles. The standard InChI is InChI=1S/C15H26N4O2/c1-15(2,3)21-14(20)17-12-5-8-19(9-6-12)11-13-16-7-10-18(13)4/h7,10,12H,5-6,8-9,11H2,1-4H3,(H,17,20). The summed E-state index contributed by atoms with van der Waals surface area (Å²) in [7, 11) is 2.01. The highest BCUT2D eigenvalue weighted by Gasteiger charge is 2.24. The van der Waals surface area contributed by atoms with E-state index in [1.54, 1.807) is 0 Å². The number of carbonyl (C=O) groups is 1. The third kappa shape index (κ3) is 5.04. The van der Waals surface area contributed by atoms with Gasteiger partial charge in [0.25, 0.3) is 0 Å². The minimum Gasteiger partial charge on any atom is -0.444 e. The van der Waals surface area contributed by atoms with Gasteiger partial charge in [-0.3, -0.25) is 4.90 Å². The summed E-state index contributed by atoms with van der Waals surface area (Å²) < 4.78 is 7.34. The Kier molecular flexibility index (Phi) is 4.88. The molecular formula is C15H26N4O2. The molecule has 1 aromatic heterocycles. The number of nitrogens with zero attached hydrogens (tertiary/aromatic N) is 3. The zero-order chi connectivity index (χ0) is 15.5. The van der Waals surface area contributed by atoms with Crippen LogP contribution in [0.5, 0.6) is 0 Å². The molecule has 6 nitrogen and oxygen atoms in total. The maximum Gasteiger partial charge on any atom is 0.407 e. The maximum atomic E-state index is 11.7. The average Bonchev–Trinajstić information content (AvgIpc) is 2.75. The monoisotopic (exact) mass is 294 g/mol. The number of amides is 1. The molecule has 0 radical (unpaired) electrons. The summed E-state index contributed by atoms with van der Waals surface area (Å²) in [6.45, 7) is 8.43. The smallest absolute Gasteiger partial charge is 0.407 e. The lowest BCUT2D eigenvalue weighted by Crippen LogP contribution is -2.46. The summed E-state index contributed by atoms with van der Waals surface area (Å²) in [6.07, 6.45) is 5.37. The average molecular weight is 294 g/mol. The number of nitrogens with one attached hydrogen (secondary N) is 1. The molecule has 6 heteroatoms. The Bertz CT molecular complexity index is 470. The quantitative estimate of drug-likeness (QED) is 0.925. The van der Waals surface area contributed by atoms with Gasteiger partial charge in [0, 0.05) is 38.6 Å². The van der Waals surface area contributed by atoms with Crippen LogP contribution < -0.4 is 5.32 Å². The van der Waals surface area contributed by atoms with Gasteiger partial charge in [0.2, 0.25) is 0 Å². The van der Waals surface area contributed by atoms with E-state index >= 15 is 0 Å². The first-order chi connectivity index (χ1) is 9.83. The van der Waals surface area contributed by atoms with Crippen LogP contribution in [0.2, 0.25) is 0 Å². The summed E-state index contributed by atoms with van der Waals surface area (Å²) in [5.74, 6) is 1.08. The molecule has 2 heterocycles. The Labute approximate surface area is 126 Å². The number of imidazole rings is 1. The molecule has 1 N–H and O–H groups in total. The van der Waals surface area contributed by atoms with E-state index < -0.39 is 5.60 Å². The van der Waals surface area contributed by atoms with E-state index in [0.717, 1.165) is 38.3 Å². The minimum absolute atomic E-state index is 0.206. The highest BCUT2D eigenvalue weighted by Crippen LogP contribution is 2.14. The molecule has 2 rings (SSSR count). The Hall–Kier alpha value is -1.56. The molecule has 0 atom stereocenters. The van der Waals surface area contributed by atoms with Crippen LogP contribution in [-0.4, -0.2) is 45.3 Å². The van der Waals surface area contributed by atoms with E-state index in [1.807, 2.05) is 44.8 Å². The number of aryl methyl sites for hydroxylation is 1. The first-order valence-corrected chi connectivity index (χ1v) is 7.51. The van der Waals surface area contributed by atoms with Crippen LogP contribution >= 0.6 is 0 Å². The Morgan fingerprint density at radius 1 is 1.43 bits per heavy atom. The van der Waals surface area contributed by atoms with Crippen molar-refractivity contribution in [3.63, 3.8) is 0 Å². The van der Waals surface area contributed by atoms with E-state index in [4.69, 9.17) is 4.74 Å². The summed E-state index contributed by atoms with van der Waals surface area (Å²) in [4.78, 5) is 18.5. The molecule has 0 unspecified atom stereocenters. The second-order valence-electron chi connectivity index (χ2n) is 6.65. The van der Waals surface area contributed by atoms with E-state index in [2.05, 4.69) is 15.2 Å². The molecule has 0 aromatic carbocycles. The van der Waals surface area contributed by atoms with Crippen molar-refractivity contribution in [1.82, 2.24) is 19.8 Å². The van der Waals surface area contributed by atoms with Gasteiger partial charge < -0.3 is 14.6 Å². The predicted molar refractivity (Wildman–Crippen MR) is 80.9 cm³/mol. The van der Waals surface area contributed by atoms with E-state index in [9.17, 15) is 4.79 Å². The molecule has 1 aliphatic rings. The molecule has 1 amide bonds. The fraction of sp³-hybridized carbons (Fsp3) is 0.733. The minimum atomic E-state index is -0.441. The van der Waals surface area contributed by atoms with Crippen LogP contribution in [0.1, 0.15) is 39.4 Å². The first kappa shape index (κ1) is 15.8. The third-order valence-electron chi connectivity index (χ3n) is 3.59. The zero-order valence-corrected chi connectivity index (χ0v) is 13.4. The molecule has 0 bridgehead atoms. The second-order valence-corrected chi connectivity index (χ2v) is 6.65. The van der Waals surface area contributed by atoms with E-state index in [0.29, 0.717) is 0 Å². The van der Waals surface area contributed by atoms with E-state index in [1.165, 1.54) is 0 Å². The fourth-order valence-corrected chi connectivity index (χ4v) is 2.46. The van der Waals surface area contributed by atoms with Crippen molar-refractivity contribution in [3.8, 4) is 0 Å². The normalized spacial score (nSPS) is 17.7. The van der Waals surface area contributed by atoms with Crippen LogP contribution in [0.15, 0.2) is 12.4 Å². The Balaban J connectivity index is 1.73. The van der Waals surface area contributed by atoms with Crippen LogP contribution in [0.25, 0.3) is 0 Å². The summed E-state index contributed by atoms with van der Waals surface area (Å²) in [5, 5.41) is 2.96. The predicted octanol–water partition coefficient (Wildman–Crippen LogP) is 1.91. The fourth-order valence-electron chi connectivity index (χ4n) is 2.46. The Morgan fingerprint density at radius 2 is 2.10 bits per heavy atom. The van der Waals surface area contributed by atoms with Gasteiger partial charge in [0.05, 0.1) is 6.54 Å². The van der Waals surface area contributed by atoms with Crippen molar-refractivity contribution in [1.29, 1.82) is 0 Å². The highest BCUT2D eigenvalue weighted by molar-refractivity contribution is 5.68. The van der Waals surface area contributed by atoms with Gasteiger partial charge in [0.15, 0.2) is 0 Å². The lowest BCUT2D eigenvalue weighted by molar-refractivity contribution is 0.0477. The number of aromatic nitrogens is 2. The topological polar surface area (TPSA) is 59.4 Å². The molecule has 0 spiro atoms. The third-order valence-corrected chi connectivity index (χ3v) is 3.59. The maximum absolute atomic E-state index is 11.7. The zero-order valence-electron chi connectivity index (χ0n) is 13.4. The van der Waals surface area contributed by atoms with Gasteiger partial charge in [-0.25, -0.2) is 9.78 Å². The number of rotatable bonds is 3. The summed E-state index contributed by atoms with van der Waals surface area (Å²) >= 11 is 0. The Morgan fingerprint density at radius 3 is 2.62 bits per heavy atom.